The summed E-state index contributed by atoms with van der Waals surface area (Å²) in [6.45, 7) is -0.521. The summed E-state index contributed by atoms with van der Waals surface area (Å²) in [7, 11) is 6.10. The van der Waals surface area contributed by atoms with Gasteiger partial charge in [-0.15, -0.1) is 0 Å². The SMILES string of the molecule is CO.[B]C(O)(O)C1CCC(n2cc(CO)c(=O)[nH]c2=O)O1. The molecule has 0 spiro atoms. The third-order valence-electron chi connectivity index (χ3n) is 2.99. The Balaban J connectivity index is 0.00000106. The van der Waals surface area contributed by atoms with E-state index < -0.39 is 35.9 Å². The molecule has 0 bridgehead atoms. The molecule has 9 nitrogen and oxygen atoms in total. The van der Waals surface area contributed by atoms with Crippen LogP contribution >= 0.6 is 0 Å². The number of hydrogen-bond donors (Lipinski definition) is 5. The minimum absolute atomic E-state index is 0.0126. The summed E-state index contributed by atoms with van der Waals surface area (Å²) in [5, 5.41) is 34.4. The fraction of sp³-hybridized carbons (Fsp3) is 0.636. The van der Waals surface area contributed by atoms with E-state index >= 15 is 0 Å². The zero-order valence-electron chi connectivity index (χ0n) is 11.4. The van der Waals surface area contributed by atoms with Gasteiger partial charge in [0.15, 0.2) is 7.85 Å². The second kappa shape index (κ2) is 7.01. The first-order chi connectivity index (χ1) is 9.82. The molecule has 2 unspecified atom stereocenters. The maximum atomic E-state index is 11.6. The third-order valence-corrected chi connectivity index (χ3v) is 2.99. The van der Waals surface area contributed by atoms with Crippen molar-refractivity contribution in [2.75, 3.05) is 7.11 Å². The monoisotopic (exact) mass is 300 g/mol. The number of hydrogen-bond acceptors (Lipinski definition) is 7. The lowest BCUT2D eigenvalue weighted by atomic mass is 9.88. The van der Waals surface area contributed by atoms with Crippen molar-refractivity contribution >= 4 is 7.85 Å². The minimum Gasteiger partial charge on any atom is -0.400 e. The van der Waals surface area contributed by atoms with E-state index in [2.05, 4.69) is 0 Å². The first kappa shape index (κ1) is 17.6. The number of aromatic nitrogens is 2. The van der Waals surface area contributed by atoms with E-state index in [1.54, 1.807) is 0 Å². The highest BCUT2D eigenvalue weighted by atomic mass is 16.6. The summed E-state index contributed by atoms with van der Waals surface area (Å²) in [6.07, 6.45) is -0.0625. The van der Waals surface area contributed by atoms with Crippen LogP contribution in [-0.2, 0) is 11.3 Å². The van der Waals surface area contributed by atoms with Crippen molar-refractivity contribution in [3.8, 4) is 0 Å². The lowest BCUT2D eigenvalue weighted by Gasteiger charge is -2.25. The van der Waals surface area contributed by atoms with Gasteiger partial charge in [0.1, 0.15) is 18.0 Å². The second-order valence-corrected chi connectivity index (χ2v) is 4.42. The van der Waals surface area contributed by atoms with Crippen LogP contribution in [0.25, 0.3) is 0 Å². The maximum Gasteiger partial charge on any atom is 0.330 e. The molecule has 21 heavy (non-hydrogen) atoms. The molecule has 1 fully saturated rings. The van der Waals surface area contributed by atoms with Crippen LogP contribution in [0.1, 0.15) is 24.6 Å². The maximum absolute atomic E-state index is 11.6. The van der Waals surface area contributed by atoms with Gasteiger partial charge in [-0.3, -0.25) is 14.3 Å². The molecule has 0 amide bonds. The minimum atomic E-state index is -2.49. The van der Waals surface area contributed by atoms with Crippen LogP contribution in [0.15, 0.2) is 15.8 Å². The van der Waals surface area contributed by atoms with Gasteiger partial charge in [0.2, 0.25) is 0 Å². The van der Waals surface area contributed by atoms with Gasteiger partial charge >= 0.3 is 5.69 Å². The van der Waals surface area contributed by atoms with Crippen LogP contribution in [0.2, 0.25) is 0 Å². The van der Waals surface area contributed by atoms with E-state index in [0.717, 1.165) is 11.7 Å². The van der Waals surface area contributed by atoms with Gasteiger partial charge in [0.05, 0.1) is 12.2 Å². The van der Waals surface area contributed by atoms with Gasteiger partial charge in [0.25, 0.3) is 5.56 Å². The van der Waals surface area contributed by atoms with Crippen molar-refractivity contribution < 1.29 is 25.2 Å². The Morgan fingerprint density at radius 3 is 2.52 bits per heavy atom. The number of nitrogens with one attached hydrogen (secondary N) is 1. The van der Waals surface area contributed by atoms with Crippen molar-refractivity contribution in [3.05, 3.63) is 32.6 Å². The van der Waals surface area contributed by atoms with E-state index in [4.69, 9.17) is 22.8 Å². The molecule has 10 heteroatoms. The highest BCUT2D eigenvalue weighted by Gasteiger charge is 2.37. The molecule has 2 heterocycles. The fourth-order valence-corrected chi connectivity index (χ4v) is 1.99. The molecule has 1 saturated heterocycles. The topological polar surface area (TPSA) is 145 Å². The summed E-state index contributed by atoms with van der Waals surface area (Å²) in [6, 6.07) is 0. The number of ether oxygens (including phenoxy) is 1. The Labute approximate surface area is 120 Å². The van der Waals surface area contributed by atoms with E-state index in [9.17, 15) is 19.8 Å². The van der Waals surface area contributed by atoms with Gasteiger partial charge in [-0.1, -0.05) is 0 Å². The molecular weight excluding hydrogens is 283 g/mol. The van der Waals surface area contributed by atoms with Gasteiger partial charge < -0.3 is 25.2 Å². The zero-order valence-corrected chi connectivity index (χ0v) is 11.4. The van der Waals surface area contributed by atoms with Gasteiger partial charge in [0, 0.05) is 13.3 Å². The standard InChI is InChI=1S/C10H13BN2O6.CH4O/c11-10(17,18)6-1-2-7(19-6)13-3-5(4-14)8(15)12-9(13)16;1-2/h3,6-7,14,17-18H,1-2,4H2,(H,12,15,16);2H,1H3. The number of rotatable bonds is 3. The smallest absolute Gasteiger partial charge is 0.330 e. The number of aromatic amines is 1. The summed E-state index contributed by atoms with van der Waals surface area (Å²) in [5.74, 6) is 0. The Bertz CT molecular complexity index is 577. The Hall–Kier alpha value is -1.46. The molecule has 2 rings (SSSR count). The summed E-state index contributed by atoms with van der Waals surface area (Å²) in [4.78, 5) is 25.0. The summed E-state index contributed by atoms with van der Waals surface area (Å²) in [5.41, 5.74) is -3.85. The Morgan fingerprint density at radius 1 is 1.43 bits per heavy atom. The van der Waals surface area contributed by atoms with Gasteiger partial charge in [-0.05, 0) is 12.8 Å². The molecule has 0 aromatic carbocycles. The van der Waals surface area contributed by atoms with Crippen LogP contribution in [-0.4, -0.2) is 56.7 Å². The molecule has 2 atom stereocenters. The normalized spacial score (nSPS) is 21.8. The fourth-order valence-electron chi connectivity index (χ4n) is 1.99. The number of aliphatic hydroxyl groups excluding tert-OH is 2. The molecule has 0 aliphatic carbocycles. The largest absolute Gasteiger partial charge is 0.400 e. The first-order valence-corrected chi connectivity index (χ1v) is 6.12. The average Bonchev–Trinajstić information content (AvgIpc) is 2.91. The molecule has 5 N–H and O–H groups in total. The van der Waals surface area contributed by atoms with Gasteiger partial charge in [-0.25, -0.2) is 4.79 Å². The first-order valence-electron chi connectivity index (χ1n) is 6.12. The quantitative estimate of drug-likeness (QED) is 0.298. The van der Waals surface area contributed by atoms with Crippen molar-refractivity contribution in [1.29, 1.82) is 0 Å². The summed E-state index contributed by atoms with van der Waals surface area (Å²) >= 11 is 0. The van der Waals surface area contributed by atoms with E-state index in [0.29, 0.717) is 6.42 Å². The average molecular weight is 300 g/mol. The second-order valence-electron chi connectivity index (χ2n) is 4.42. The molecule has 1 aliphatic heterocycles. The van der Waals surface area contributed by atoms with Crippen LogP contribution in [0.5, 0.6) is 0 Å². The lowest BCUT2D eigenvalue weighted by molar-refractivity contribution is -0.183. The molecule has 0 saturated carbocycles. The van der Waals surface area contributed by atoms with Crippen LogP contribution in [0.3, 0.4) is 0 Å². The molecule has 1 aliphatic rings. The van der Waals surface area contributed by atoms with Crippen LogP contribution in [0, 0.1) is 0 Å². The van der Waals surface area contributed by atoms with Crippen molar-refractivity contribution in [3.63, 3.8) is 0 Å². The third kappa shape index (κ3) is 4.02. The van der Waals surface area contributed by atoms with E-state index in [1.165, 1.54) is 6.20 Å². The predicted octanol–water partition coefficient (Wildman–Crippen LogP) is -2.88. The zero-order chi connectivity index (χ0) is 16.2. The number of nitrogens with zero attached hydrogens (tertiary/aromatic N) is 1. The molecule has 116 valence electrons. The molecule has 1 aromatic rings. The lowest BCUT2D eigenvalue weighted by Crippen LogP contribution is -2.43. The molecule has 2 radical (unpaired) electrons. The Morgan fingerprint density at radius 2 is 2.05 bits per heavy atom. The summed E-state index contributed by atoms with van der Waals surface area (Å²) < 4.78 is 6.35. The van der Waals surface area contributed by atoms with Crippen LogP contribution in [0.4, 0.5) is 0 Å². The molecule has 1 aromatic heterocycles. The molecular formula is C11H17BN2O7. The van der Waals surface area contributed by atoms with Crippen LogP contribution < -0.4 is 11.2 Å². The van der Waals surface area contributed by atoms with Crippen molar-refractivity contribution in [1.82, 2.24) is 9.55 Å². The number of H-pyrrole nitrogens is 1. The Kier molecular flexibility index (Phi) is 5.87. The number of aliphatic hydroxyl groups is 4. The highest BCUT2D eigenvalue weighted by Crippen LogP contribution is 2.30. The van der Waals surface area contributed by atoms with E-state index in [-0.39, 0.29) is 12.0 Å². The van der Waals surface area contributed by atoms with Gasteiger partial charge in [-0.2, -0.15) is 0 Å². The highest BCUT2D eigenvalue weighted by molar-refractivity contribution is 6.13. The van der Waals surface area contributed by atoms with E-state index in [1.807, 2.05) is 4.98 Å². The predicted molar refractivity (Wildman–Crippen MR) is 71.5 cm³/mol. The van der Waals surface area contributed by atoms with Crippen molar-refractivity contribution in [2.45, 2.75) is 37.5 Å². The van der Waals surface area contributed by atoms with Crippen molar-refractivity contribution in [2.24, 2.45) is 0 Å².